The number of imidazole rings is 2. The molecule has 6 nitrogen and oxygen atoms in total. The Morgan fingerprint density at radius 2 is 0.701 bits per heavy atom. The number of rotatable bonds is 9. The third-order valence-corrected chi connectivity index (χ3v) is 12.7. The van der Waals surface area contributed by atoms with E-state index in [2.05, 4.69) is 182 Å². The van der Waals surface area contributed by atoms with E-state index in [1.807, 2.05) is 127 Å². The van der Waals surface area contributed by atoms with Crippen molar-refractivity contribution in [1.82, 2.24) is 29.1 Å². The first kappa shape index (κ1) is 57.0. The van der Waals surface area contributed by atoms with Gasteiger partial charge in [-0.3, -0.25) is 9.97 Å². The Labute approximate surface area is 481 Å². The first-order chi connectivity index (χ1) is 36.8. The molecule has 12 aromatic rings. The maximum absolute atomic E-state index is 4.99. The van der Waals surface area contributed by atoms with Crippen LogP contribution in [-0.4, -0.2) is 29.1 Å². The zero-order valence-electron chi connectivity index (χ0n) is 44.1. The minimum atomic E-state index is 0. The van der Waals surface area contributed by atoms with E-state index in [9.17, 15) is 0 Å². The molecule has 0 saturated carbocycles. The molecule has 4 aromatic heterocycles. The van der Waals surface area contributed by atoms with Crippen molar-refractivity contribution in [3.63, 3.8) is 0 Å². The van der Waals surface area contributed by atoms with Gasteiger partial charge in [0.1, 0.15) is 0 Å². The summed E-state index contributed by atoms with van der Waals surface area (Å²) in [4.78, 5) is 18.3. The Balaban J connectivity index is 0.000000157. The predicted octanol–water partition coefficient (Wildman–Crippen LogP) is 17.4. The number of para-hydroxylation sites is 6. The summed E-state index contributed by atoms with van der Waals surface area (Å²) in [7, 11) is 0. The number of aromatic nitrogens is 6. The van der Waals surface area contributed by atoms with E-state index < -0.39 is 0 Å². The van der Waals surface area contributed by atoms with Crippen molar-refractivity contribution < 1.29 is 40.2 Å². The molecule has 12 rings (SSSR count). The summed E-state index contributed by atoms with van der Waals surface area (Å²) < 4.78 is 4.60. The second-order valence-electron chi connectivity index (χ2n) is 18.9. The molecule has 2 radical (unpaired) electrons. The van der Waals surface area contributed by atoms with Gasteiger partial charge in [-0.05, 0) is 88.3 Å². The number of benzene rings is 8. The number of hydrogen-bond acceptors (Lipinski definition) is 4. The average Bonchev–Trinajstić information content (AvgIpc) is 4.07. The van der Waals surface area contributed by atoms with Gasteiger partial charge in [0.15, 0.2) is 0 Å². The maximum Gasteiger partial charge on any atom is 0.0774 e. The van der Waals surface area contributed by atoms with Crippen molar-refractivity contribution >= 4 is 22.1 Å². The average molecular weight is 1360 g/mol. The Kier molecular flexibility index (Phi) is 20.7. The van der Waals surface area contributed by atoms with E-state index in [0.29, 0.717) is 17.8 Å². The van der Waals surface area contributed by atoms with Crippen molar-refractivity contribution in [3.8, 4) is 56.7 Å². The van der Waals surface area contributed by atoms with Gasteiger partial charge in [-0.25, -0.2) is 0 Å². The molecule has 388 valence electrons. The summed E-state index contributed by atoms with van der Waals surface area (Å²) in [6.45, 7) is 13.5. The molecule has 8 aromatic carbocycles. The van der Waals surface area contributed by atoms with Crippen molar-refractivity contribution in [2.45, 2.75) is 59.3 Å². The number of nitrogens with zero attached hydrogens (tertiary/aromatic N) is 6. The summed E-state index contributed by atoms with van der Waals surface area (Å²) in [6.07, 6.45) is 3.58. The number of pyridine rings is 2. The van der Waals surface area contributed by atoms with Crippen LogP contribution in [0.4, 0.5) is 0 Å². The largest absolute Gasteiger partial charge is 0.333 e. The van der Waals surface area contributed by atoms with Crippen LogP contribution in [-0.2, 0) is 40.2 Å². The van der Waals surface area contributed by atoms with Gasteiger partial charge >= 0.3 is 0 Å². The molecule has 77 heavy (non-hydrogen) atoms. The predicted molar refractivity (Wildman–Crippen MR) is 310 cm³/mol. The van der Waals surface area contributed by atoms with Gasteiger partial charge in [0, 0.05) is 64.0 Å². The van der Waals surface area contributed by atoms with E-state index >= 15 is 0 Å². The summed E-state index contributed by atoms with van der Waals surface area (Å²) >= 11 is 0. The summed E-state index contributed by atoms with van der Waals surface area (Å²) in [6, 6.07) is 88.4. The summed E-state index contributed by atoms with van der Waals surface area (Å²) in [5.41, 5.74) is 16.8. The molecule has 0 amide bonds. The molecule has 0 unspecified atom stereocenters. The molecule has 0 aliphatic heterocycles. The second kappa shape index (κ2) is 27.9. The van der Waals surface area contributed by atoms with Crippen LogP contribution in [0.25, 0.3) is 78.7 Å². The van der Waals surface area contributed by atoms with Gasteiger partial charge in [-0.15, -0.1) is 144 Å². The molecule has 0 N–H and O–H groups in total. The summed E-state index contributed by atoms with van der Waals surface area (Å²) in [5, 5.41) is 0. The van der Waals surface area contributed by atoms with Crippen LogP contribution in [0.5, 0.6) is 0 Å². The molecule has 0 saturated heterocycles. The molecule has 4 heterocycles. The monoisotopic (exact) mass is 1360 g/mol. The minimum Gasteiger partial charge on any atom is -0.333 e. The van der Waals surface area contributed by atoms with Gasteiger partial charge in [0.05, 0.1) is 33.7 Å². The fourth-order valence-electron chi connectivity index (χ4n) is 9.05. The number of hydrogen-bond donors (Lipinski definition) is 0. The molecule has 0 aliphatic carbocycles. The zero-order valence-corrected chi connectivity index (χ0v) is 48.9. The Morgan fingerprint density at radius 3 is 1.12 bits per heavy atom. The quantitative estimate of drug-likeness (QED) is 0.135. The van der Waals surface area contributed by atoms with Gasteiger partial charge in [-0.2, -0.15) is 0 Å². The molecule has 0 aliphatic rings. The first-order valence-corrected chi connectivity index (χ1v) is 25.6. The SMILES string of the molecule is CC(C)c1cccc(C(C)C)c1-n1c(-c2[c-]cccc2)nc2ccccc21.CC(C)c1ccccc1-n1c(-c2[c-]cccc2)nc2ccccc21.[Ir].[Ir].[c-]1ccccc1-c1ccccn1.[c-]1ccccc1-c1ccccn1. The molecule has 0 bridgehead atoms. The van der Waals surface area contributed by atoms with Crippen LogP contribution < -0.4 is 0 Å². The van der Waals surface area contributed by atoms with Gasteiger partial charge < -0.3 is 19.1 Å². The molecular formula is C69H60Ir2N6-4. The third-order valence-electron chi connectivity index (χ3n) is 12.7. The van der Waals surface area contributed by atoms with Crippen molar-refractivity contribution in [2.75, 3.05) is 0 Å². The van der Waals surface area contributed by atoms with Crippen LogP contribution in [0.1, 0.15) is 76.0 Å². The summed E-state index contributed by atoms with van der Waals surface area (Å²) in [5.74, 6) is 3.17. The first-order valence-electron chi connectivity index (χ1n) is 25.6. The normalized spacial score (nSPS) is 10.6. The van der Waals surface area contributed by atoms with E-state index in [1.54, 1.807) is 12.4 Å². The third kappa shape index (κ3) is 13.8. The molecular weight excluding hydrogens is 1300 g/mol. The Hall–Kier alpha value is -7.70. The maximum atomic E-state index is 4.99. The molecule has 0 atom stereocenters. The minimum absolute atomic E-state index is 0. The van der Waals surface area contributed by atoms with Crippen LogP contribution >= 0.6 is 0 Å². The second-order valence-corrected chi connectivity index (χ2v) is 18.9. The van der Waals surface area contributed by atoms with E-state index in [1.165, 1.54) is 28.1 Å². The number of fused-ring (bicyclic) bond motifs is 2. The Morgan fingerprint density at radius 1 is 0.338 bits per heavy atom. The van der Waals surface area contributed by atoms with Crippen LogP contribution in [0, 0.1) is 24.3 Å². The van der Waals surface area contributed by atoms with E-state index in [0.717, 1.165) is 67.4 Å². The topological polar surface area (TPSA) is 61.4 Å². The van der Waals surface area contributed by atoms with Crippen molar-refractivity contribution in [2.24, 2.45) is 0 Å². The fourth-order valence-corrected chi connectivity index (χ4v) is 9.05. The molecule has 0 spiro atoms. The van der Waals surface area contributed by atoms with Crippen LogP contribution in [0.3, 0.4) is 0 Å². The van der Waals surface area contributed by atoms with Gasteiger partial charge in [0.2, 0.25) is 0 Å². The van der Waals surface area contributed by atoms with Crippen LogP contribution in [0.15, 0.2) is 237 Å². The van der Waals surface area contributed by atoms with Crippen LogP contribution in [0.2, 0.25) is 0 Å². The smallest absolute Gasteiger partial charge is 0.0774 e. The van der Waals surface area contributed by atoms with E-state index in [-0.39, 0.29) is 40.2 Å². The van der Waals surface area contributed by atoms with Gasteiger partial charge in [-0.1, -0.05) is 126 Å². The van der Waals surface area contributed by atoms with E-state index in [4.69, 9.17) is 9.97 Å². The Bertz CT molecular complexity index is 3500. The molecule has 0 fully saturated rings. The van der Waals surface area contributed by atoms with Gasteiger partial charge in [0.25, 0.3) is 0 Å². The standard InChI is InChI=1S/C25H25N2.C22H19N2.2C11H8N.2Ir/c1-17(2)20-13-10-14-21(18(3)4)24(20)27-23-16-9-8-15-22(23)26-25(27)19-11-6-5-7-12-19;1-16(2)18-12-6-8-14-20(18)24-21-15-9-7-13-19(21)23-22(24)17-10-4-3-5-11-17;2*1-2-6-10(7-3-1)11-8-4-5-9-12-11;;/h5-11,13-18H,1-4H3;3-10,12-16H,1-2H3;2*1-6,8-9H;;/q4*-1;;. The zero-order chi connectivity index (χ0) is 51.9. The fraction of sp³-hybridized carbons (Fsp3) is 0.130. The van der Waals surface area contributed by atoms with Crippen molar-refractivity contribution in [1.29, 1.82) is 0 Å². The van der Waals surface area contributed by atoms with Crippen molar-refractivity contribution in [3.05, 3.63) is 278 Å². The molecule has 8 heteroatoms.